The monoisotopic (exact) mass is 470 g/mol. The number of hydrogen-bond acceptors (Lipinski definition) is 4. The normalized spacial score (nSPS) is 26.8. The van der Waals surface area contributed by atoms with Crippen molar-refractivity contribution in [2.75, 3.05) is 6.54 Å². The van der Waals surface area contributed by atoms with Crippen molar-refractivity contribution in [3.63, 3.8) is 0 Å². The van der Waals surface area contributed by atoms with E-state index in [1.807, 2.05) is 0 Å². The highest BCUT2D eigenvalue weighted by Crippen LogP contribution is 2.52. The highest BCUT2D eigenvalue weighted by atomic mass is 79.9. The summed E-state index contributed by atoms with van der Waals surface area (Å²) in [5, 5.41) is 8.51. The number of rotatable bonds is 9. The summed E-state index contributed by atoms with van der Waals surface area (Å²) in [4.78, 5) is 11.3. The summed E-state index contributed by atoms with van der Waals surface area (Å²) < 4.78 is 28.9. The van der Waals surface area contributed by atoms with Gasteiger partial charge in [0, 0.05) is 17.4 Å². The van der Waals surface area contributed by atoms with E-state index in [1.165, 1.54) is 19.3 Å². The van der Waals surface area contributed by atoms with Crippen LogP contribution in [0.15, 0.2) is 45.8 Å². The molecule has 1 aromatic rings. The lowest BCUT2D eigenvalue weighted by Crippen LogP contribution is -2.35. The maximum atomic E-state index is 12.6. The van der Waals surface area contributed by atoms with Crippen LogP contribution in [-0.2, 0) is 14.8 Å². The molecule has 2 aliphatic carbocycles. The molecule has 2 saturated carbocycles. The SMILES string of the molecule is O=C(CCC/C=C\C1C2CCC(C2)C1CNS(=O)(=O)c1ccc(Br)cc1)NO. The molecule has 8 heteroatoms. The van der Waals surface area contributed by atoms with E-state index < -0.39 is 10.0 Å². The van der Waals surface area contributed by atoms with Crippen LogP contribution in [0.5, 0.6) is 0 Å². The summed E-state index contributed by atoms with van der Waals surface area (Å²) >= 11 is 3.32. The van der Waals surface area contributed by atoms with E-state index >= 15 is 0 Å². The molecule has 3 rings (SSSR count). The zero-order chi connectivity index (χ0) is 20.1. The molecule has 0 spiro atoms. The quantitative estimate of drug-likeness (QED) is 0.222. The largest absolute Gasteiger partial charge is 0.289 e. The van der Waals surface area contributed by atoms with E-state index in [2.05, 4.69) is 32.8 Å². The van der Waals surface area contributed by atoms with Crippen molar-refractivity contribution < 1.29 is 18.4 Å². The molecule has 2 aliphatic rings. The van der Waals surface area contributed by atoms with E-state index in [0.29, 0.717) is 43.1 Å². The molecule has 4 atom stereocenters. The zero-order valence-corrected chi connectivity index (χ0v) is 18.1. The van der Waals surface area contributed by atoms with Crippen molar-refractivity contribution in [2.24, 2.45) is 23.7 Å². The van der Waals surface area contributed by atoms with E-state index in [4.69, 9.17) is 5.21 Å². The number of unbranched alkanes of at least 4 members (excludes halogenated alkanes) is 1. The number of allylic oxidation sites excluding steroid dienone is 2. The predicted molar refractivity (Wildman–Crippen MR) is 110 cm³/mol. The molecule has 1 amide bonds. The number of halogens is 1. The molecule has 3 N–H and O–H groups in total. The fourth-order valence-electron chi connectivity index (χ4n) is 4.65. The van der Waals surface area contributed by atoms with Gasteiger partial charge in [-0.3, -0.25) is 10.0 Å². The maximum absolute atomic E-state index is 12.6. The second-order valence-electron chi connectivity index (χ2n) is 7.74. The van der Waals surface area contributed by atoms with Crippen LogP contribution in [0.25, 0.3) is 0 Å². The van der Waals surface area contributed by atoms with Crippen molar-refractivity contribution in [1.82, 2.24) is 10.2 Å². The van der Waals surface area contributed by atoms with Gasteiger partial charge >= 0.3 is 0 Å². The maximum Gasteiger partial charge on any atom is 0.243 e. The summed E-state index contributed by atoms with van der Waals surface area (Å²) in [7, 11) is -3.51. The first-order valence-corrected chi connectivity index (χ1v) is 12.0. The number of nitrogens with one attached hydrogen (secondary N) is 2. The average molecular weight is 471 g/mol. The fourth-order valence-corrected chi connectivity index (χ4v) is 5.99. The Morgan fingerprint density at radius 1 is 1.21 bits per heavy atom. The third-order valence-corrected chi connectivity index (χ3v) is 8.02. The Kier molecular flexibility index (Phi) is 7.31. The van der Waals surface area contributed by atoms with E-state index in [9.17, 15) is 13.2 Å². The molecule has 0 aliphatic heterocycles. The molecule has 2 fully saturated rings. The number of hydroxylamine groups is 1. The van der Waals surface area contributed by atoms with Gasteiger partial charge in [0.2, 0.25) is 15.9 Å². The van der Waals surface area contributed by atoms with Crippen LogP contribution < -0.4 is 10.2 Å². The molecule has 6 nitrogen and oxygen atoms in total. The molecule has 0 heterocycles. The standard InChI is InChI=1S/C20H27BrN2O4S/c21-16-8-10-17(11-9-16)28(26,27)22-13-19-15-7-6-14(12-15)18(19)4-2-1-3-5-20(24)23-25/h2,4,8-11,14-15,18-19,22,25H,1,3,5-7,12-13H2,(H,23,24)/b4-2-. The van der Waals surface area contributed by atoms with Crippen LogP contribution in [0, 0.1) is 23.7 Å². The molecule has 0 radical (unpaired) electrons. The molecule has 4 unspecified atom stereocenters. The van der Waals surface area contributed by atoms with Crippen molar-refractivity contribution in [3.05, 3.63) is 40.9 Å². The molecular formula is C20H27BrN2O4S. The first kappa shape index (κ1) is 21.5. The van der Waals surface area contributed by atoms with Gasteiger partial charge in [-0.15, -0.1) is 0 Å². The van der Waals surface area contributed by atoms with Gasteiger partial charge in [0.1, 0.15) is 0 Å². The van der Waals surface area contributed by atoms with Gasteiger partial charge in [-0.05, 0) is 80.0 Å². The lowest BCUT2D eigenvalue weighted by atomic mass is 9.79. The highest BCUT2D eigenvalue weighted by molar-refractivity contribution is 9.10. The third-order valence-electron chi connectivity index (χ3n) is 6.05. The average Bonchev–Trinajstić information content (AvgIpc) is 3.28. The number of carbonyl (C=O) groups is 1. The van der Waals surface area contributed by atoms with Crippen molar-refractivity contribution in [1.29, 1.82) is 0 Å². The second-order valence-corrected chi connectivity index (χ2v) is 10.4. The van der Waals surface area contributed by atoms with Crippen molar-refractivity contribution >= 4 is 31.9 Å². The summed E-state index contributed by atoms with van der Waals surface area (Å²) in [6, 6.07) is 6.67. The molecule has 1 aromatic carbocycles. The van der Waals surface area contributed by atoms with Gasteiger partial charge in [-0.1, -0.05) is 28.1 Å². The molecule has 28 heavy (non-hydrogen) atoms. The van der Waals surface area contributed by atoms with Crippen molar-refractivity contribution in [3.8, 4) is 0 Å². The Morgan fingerprint density at radius 3 is 2.64 bits per heavy atom. The second kappa shape index (κ2) is 9.52. The van der Waals surface area contributed by atoms with Crippen LogP contribution in [0.1, 0.15) is 38.5 Å². The Bertz CT molecular complexity index is 810. The molecule has 0 saturated heterocycles. The minimum absolute atomic E-state index is 0.285. The van der Waals surface area contributed by atoms with Crippen LogP contribution in [-0.4, -0.2) is 26.1 Å². The summed E-state index contributed by atoms with van der Waals surface area (Å²) in [6.45, 7) is 0.460. The number of benzene rings is 1. The number of hydrogen-bond donors (Lipinski definition) is 3. The van der Waals surface area contributed by atoms with Crippen LogP contribution in [0.2, 0.25) is 0 Å². The number of fused-ring (bicyclic) bond motifs is 2. The van der Waals surface area contributed by atoms with Gasteiger partial charge in [0.25, 0.3) is 0 Å². The lowest BCUT2D eigenvalue weighted by Gasteiger charge is -2.29. The molecule has 154 valence electrons. The zero-order valence-electron chi connectivity index (χ0n) is 15.7. The Hall–Kier alpha value is -1.22. The van der Waals surface area contributed by atoms with Crippen LogP contribution in [0.4, 0.5) is 0 Å². The van der Waals surface area contributed by atoms with Gasteiger partial charge in [-0.2, -0.15) is 0 Å². The lowest BCUT2D eigenvalue weighted by molar-refractivity contribution is -0.129. The number of sulfonamides is 1. The molecule has 0 aromatic heterocycles. The van der Waals surface area contributed by atoms with Gasteiger partial charge < -0.3 is 0 Å². The van der Waals surface area contributed by atoms with Crippen LogP contribution in [0.3, 0.4) is 0 Å². The van der Waals surface area contributed by atoms with E-state index in [1.54, 1.807) is 29.7 Å². The Morgan fingerprint density at radius 2 is 1.93 bits per heavy atom. The number of carbonyl (C=O) groups excluding carboxylic acids is 1. The van der Waals surface area contributed by atoms with Crippen LogP contribution >= 0.6 is 15.9 Å². The summed E-state index contributed by atoms with van der Waals surface area (Å²) in [5.41, 5.74) is 1.64. The summed E-state index contributed by atoms with van der Waals surface area (Å²) in [5.74, 6) is 1.55. The minimum Gasteiger partial charge on any atom is -0.289 e. The molecule has 2 bridgehead atoms. The smallest absolute Gasteiger partial charge is 0.243 e. The molecular weight excluding hydrogens is 444 g/mol. The first-order chi connectivity index (χ1) is 13.4. The van der Waals surface area contributed by atoms with Gasteiger partial charge in [-0.25, -0.2) is 18.6 Å². The van der Waals surface area contributed by atoms with E-state index in [-0.39, 0.29) is 10.8 Å². The Balaban J connectivity index is 1.57. The van der Waals surface area contributed by atoms with Gasteiger partial charge in [0.05, 0.1) is 4.90 Å². The fraction of sp³-hybridized carbons (Fsp3) is 0.550. The van der Waals surface area contributed by atoms with Crippen molar-refractivity contribution in [2.45, 2.75) is 43.4 Å². The van der Waals surface area contributed by atoms with Gasteiger partial charge in [0.15, 0.2) is 0 Å². The first-order valence-electron chi connectivity index (χ1n) is 9.75. The highest BCUT2D eigenvalue weighted by Gasteiger charge is 2.46. The topological polar surface area (TPSA) is 95.5 Å². The van der Waals surface area contributed by atoms with E-state index in [0.717, 1.165) is 10.9 Å². The summed E-state index contributed by atoms with van der Waals surface area (Å²) in [6.07, 6.45) is 9.65. The predicted octanol–water partition coefficient (Wildman–Crippen LogP) is 3.62. The minimum atomic E-state index is -3.51. The number of amides is 1. The third kappa shape index (κ3) is 5.23. The Labute approximate surface area is 174 Å².